The first-order chi connectivity index (χ1) is 17.1. The minimum atomic E-state index is -4.45. The van der Waals surface area contributed by atoms with E-state index in [0.717, 1.165) is 34.8 Å². The van der Waals surface area contributed by atoms with Crippen molar-refractivity contribution in [1.29, 1.82) is 0 Å². The number of hydrogen-bond donors (Lipinski definition) is 3. The number of hydrazone groups is 1. The summed E-state index contributed by atoms with van der Waals surface area (Å²) in [6.07, 6.45) is -2.99. The van der Waals surface area contributed by atoms with E-state index in [1.807, 2.05) is 0 Å². The number of alkyl halides is 3. The molecule has 0 aliphatic heterocycles. The normalized spacial score (nSPS) is 11.9. The lowest BCUT2D eigenvalue weighted by Gasteiger charge is -2.07. The molecule has 0 saturated carbocycles. The van der Waals surface area contributed by atoms with Crippen molar-refractivity contribution >= 4 is 40.2 Å². The second-order valence-corrected chi connectivity index (χ2v) is 9.33. The molecule has 0 radical (unpaired) electrons. The lowest BCUT2D eigenvalue weighted by molar-refractivity contribution is -0.137. The molecule has 3 aromatic heterocycles. The molecular formula is C23H17F3N4O4S2. The fourth-order valence-corrected chi connectivity index (χ4v) is 4.87. The Bertz CT molecular complexity index is 1410. The smallest absolute Gasteiger partial charge is 0.416 e. The monoisotopic (exact) mass is 534 g/mol. The van der Waals surface area contributed by atoms with Crippen LogP contribution in [-0.2, 0) is 12.7 Å². The Kier molecular flexibility index (Phi) is 7.22. The van der Waals surface area contributed by atoms with Crippen LogP contribution < -0.4 is 10.7 Å². The first kappa shape index (κ1) is 25.1. The van der Waals surface area contributed by atoms with Crippen molar-refractivity contribution in [2.45, 2.75) is 19.6 Å². The van der Waals surface area contributed by atoms with E-state index in [4.69, 9.17) is 4.52 Å². The van der Waals surface area contributed by atoms with Crippen LogP contribution >= 0.6 is 22.7 Å². The summed E-state index contributed by atoms with van der Waals surface area (Å²) < 4.78 is 43.3. The highest BCUT2D eigenvalue weighted by Crippen LogP contribution is 2.40. The van der Waals surface area contributed by atoms with E-state index in [9.17, 15) is 27.9 Å². The van der Waals surface area contributed by atoms with Crippen LogP contribution in [0.2, 0.25) is 0 Å². The quantitative estimate of drug-likeness (QED) is 0.221. The van der Waals surface area contributed by atoms with Crippen molar-refractivity contribution in [3.63, 3.8) is 0 Å². The van der Waals surface area contributed by atoms with E-state index in [-0.39, 0.29) is 28.8 Å². The molecule has 4 aromatic rings. The predicted molar refractivity (Wildman–Crippen MR) is 128 cm³/mol. The summed E-state index contributed by atoms with van der Waals surface area (Å²) in [5, 5.41) is 22.4. The second kappa shape index (κ2) is 10.3. The van der Waals surface area contributed by atoms with Crippen LogP contribution in [0.25, 0.3) is 10.4 Å². The molecule has 3 N–H and O–H groups in total. The van der Waals surface area contributed by atoms with E-state index in [1.165, 1.54) is 30.5 Å². The average Bonchev–Trinajstić information content (AvgIpc) is 3.61. The van der Waals surface area contributed by atoms with Gasteiger partial charge in [-0.15, -0.1) is 22.7 Å². The average molecular weight is 535 g/mol. The zero-order valence-corrected chi connectivity index (χ0v) is 20.1. The Morgan fingerprint density at radius 3 is 2.42 bits per heavy atom. The molecule has 4 rings (SSSR count). The Labute approximate surface area is 210 Å². The van der Waals surface area contributed by atoms with Gasteiger partial charge in [0.05, 0.1) is 44.2 Å². The second-order valence-electron chi connectivity index (χ2n) is 7.37. The number of carbonyl (C=O) groups excluding carboxylic acids is 2. The standard InChI is InChI=1S/C23H17F3N4O4S2/c1-12(16-11-35-20(19(16)31)13-2-4-14(5-3-13)23(24,25)26)29-30-22(33)18-7-6-17(36-18)21(32)27-10-15-8-9-28-34-15/h2-9,11,31H,10H2,1H3,(H,27,32)(H,30,33)/b29-12+. The van der Waals surface area contributed by atoms with Gasteiger partial charge in [0, 0.05) is 11.4 Å². The Morgan fingerprint density at radius 2 is 1.78 bits per heavy atom. The molecule has 0 atom stereocenters. The van der Waals surface area contributed by atoms with Crippen LogP contribution in [0.1, 0.15) is 43.2 Å². The van der Waals surface area contributed by atoms with E-state index in [0.29, 0.717) is 26.6 Å². The van der Waals surface area contributed by atoms with Crippen LogP contribution in [0.15, 0.2) is 63.7 Å². The van der Waals surface area contributed by atoms with Gasteiger partial charge < -0.3 is 14.9 Å². The molecule has 0 saturated heterocycles. The lowest BCUT2D eigenvalue weighted by Crippen LogP contribution is -2.21. The zero-order valence-electron chi connectivity index (χ0n) is 18.4. The van der Waals surface area contributed by atoms with E-state index in [1.54, 1.807) is 18.4 Å². The number of aromatic hydroxyl groups is 1. The summed E-state index contributed by atoms with van der Waals surface area (Å²) >= 11 is 2.11. The minimum absolute atomic E-state index is 0.153. The van der Waals surface area contributed by atoms with Crippen LogP contribution in [0.3, 0.4) is 0 Å². The minimum Gasteiger partial charge on any atom is -0.506 e. The Morgan fingerprint density at radius 1 is 1.08 bits per heavy atom. The zero-order chi connectivity index (χ0) is 25.9. The van der Waals surface area contributed by atoms with Crippen molar-refractivity contribution in [2.24, 2.45) is 5.10 Å². The number of amides is 2. The molecule has 0 aliphatic rings. The molecule has 1 aromatic carbocycles. The van der Waals surface area contributed by atoms with Crippen LogP contribution in [0, 0.1) is 0 Å². The molecule has 2 amide bonds. The molecule has 0 bridgehead atoms. The number of nitrogens with one attached hydrogen (secondary N) is 2. The van der Waals surface area contributed by atoms with Gasteiger partial charge in [0.1, 0.15) is 5.75 Å². The Balaban J connectivity index is 1.40. The summed E-state index contributed by atoms with van der Waals surface area (Å²) in [4.78, 5) is 25.7. The van der Waals surface area contributed by atoms with E-state index >= 15 is 0 Å². The molecule has 186 valence electrons. The maximum Gasteiger partial charge on any atom is 0.416 e. The predicted octanol–water partition coefficient (Wildman–Crippen LogP) is 5.27. The number of aromatic nitrogens is 1. The van der Waals surface area contributed by atoms with Crippen LogP contribution in [0.5, 0.6) is 5.75 Å². The molecule has 0 fully saturated rings. The summed E-state index contributed by atoms with van der Waals surface area (Å²) in [7, 11) is 0. The molecule has 13 heteroatoms. The molecule has 8 nitrogen and oxygen atoms in total. The molecule has 0 spiro atoms. The summed E-state index contributed by atoms with van der Waals surface area (Å²) in [6, 6.07) is 9.06. The summed E-state index contributed by atoms with van der Waals surface area (Å²) in [6.45, 7) is 1.72. The number of nitrogens with zero attached hydrogens (tertiary/aromatic N) is 2. The molecule has 0 unspecified atom stereocenters. The highest BCUT2D eigenvalue weighted by atomic mass is 32.1. The number of halogens is 3. The number of benzene rings is 1. The third-order valence-corrected chi connectivity index (χ3v) is 7.02. The maximum atomic E-state index is 12.8. The summed E-state index contributed by atoms with van der Waals surface area (Å²) in [5.41, 5.74) is 2.63. The van der Waals surface area contributed by atoms with Crippen molar-refractivity contribution < 1.29 is 32.4 Å². The largest absolute Gasteiger partial charge is 0.506 e. The third kappa shape index (κ3) is 5.63. The van der Waals surface area contributed by atoms with Gasteiger partial charge in [0.2, 0.25) is 0 Å². The van der Waals surface area contributed by atoms with Gasteiger partial charge in [-0.2, -0.15) is 18.3 Å². The van der Waals surface area contributed by atoms with Crippen molar-refractivity contribution in [1.82, 2.24) is 15.9 Å². The van der Waals surface area contributed by atoms with Gasteiger partial charge in [-0.25, -0.2) is 5.43 Å². The molecular weight excluding hydrogens is 517 g/mol. The van der Waals surface area contributed by atoms with E-state index < -0.39 is 17.6 Å². The van der Waals surface area contributed by atoms with Gasteiger partial charge in [-0.1, -0.05) is 17.3 Å². The van der Waals surface area contributed by atoms with Crippen LogP contribution in [-0.4, -0.2) is 27.8 Å². The SMILES string of the molecule is C/C(=N\NC(=O)c1ccc(C(=O)NCc2ccno2)s1)c1csc(-c2ccc(C(F)(F)F)cc2)c1O. The van der Waals surface area contributed by atoms with Gasteiger partial charge in [0.15, 0.2) is 5.76 Å². The highest BCUT2D eigenvalue weighted by molar-refractivity contribution is 7.16. The van der Waals surface area contributed by atoms with Crippen molar-refractivity contribution in [3.8, 4) is 16.2 Å². The summed E-state index contributed by atoms with van der Waals surface area (Å²) in [5.74, 6) is -0.599. The topological polar surface area (TPSA) is 117 Å². The van der Waals surface area contributed by atoms with Gasteiger partial charge in [-0.3, -0.25) is 9.59 Å². The van der Waals surface area contributed by atoms with Crippen molar-refractivity contribution in [3.05, 3.63) is 80.7 Å². The number of hydrogen-bond acceptors (Lipinski definition) is 8. The lowest BCUT2D eigenvalue weighted by atomic mass is 10.1. The number of rotatable bonds is 7. The van der Waals surface area contributed by atoms with Gasteiger partial charge in [-0.05, 0) is 36.8 Å². The van der Waals surface area contributed by atoms with Gasteiger partial charge in [0.25, 0.3) is 11.8 Å². The van der Waals surface area contributed by atoms with E-state index in [2.05, 4.69) is 21.0 Å². The first-order valence-electron chi connectivity index (χ1n) is 10.2. The first-order valence-corrected chi connectivity index (χ1v) is 11.9. The molecule has 36 heavy (non-hydrogen) atoms. The number of thiophene rings is 2. The molecule has 3 heterocycles. The highest BCUT2D eigenvalue weighted by Gasteiger charge is 2.30. The third-order valence-electron chi connectivity index (χ3n) is 4.92. The fraction of sp³-hybridized carbons (Fsp3) is 0.130. The van der Waals surface area contributed by atoms with Gasteiger partial charge >= 0.3 is 6.18 Å². The van der Waals surface area contributed by atoms with Crippen molar-refractivity contribution in [2.75, 3.05) is 0 Å². The number of carbonyl (C=O) groups is 2. The Hall–Kier alpha value is -3.97. The maximum absolute atomic E-state index is 12.8. The molecule has 0 aliphatic carbocycles. The fourth-order valence-electron chi connectivity index (χ4n) is 3.04. The van der Waals surface area contributed by atoms with Crippen LogP contribution in [0.4, 0.5) is 13.2 Å².